The van der Waals surface area contributed by atoms with E-state index in [-0.39, 0.29) is 11.5 Å². The van der Waals surface area contributed by atoms with Crippen LogP contribution in [0.1, 0.15) is 38.8 Å². The second-order valence-corrected chi connectivity index (χ2v) is 4.93. The fraction of sp³-hybridized carbons (Fsp3) is 0.571. The van der Waals surface area contributed by atoms with Crippen molar-refractivity contribution in [3.8, 4) is 11.5 Å². The molecule has 3 nitrogen and oxygen atoms in total. The first-order valence-corrected chi connectivity index (χ1v) is 5.93. The maximum Gasteiger partial charge on any atom is 0.127 e. The summed E-state index contributed by atoms with van der Waals surface area (Å²) in [5.41, 5.74) is 7.40. The summed E-state index contributed by atoms with van der Waals surface area (Å²) >= 11 is 0. The monoisotopic (exact) mass is 237 g/mol. The SMILES string of the molecule is CCC(C)(C)C(N)c1ccc(OC)cc1OC. The minimum Gasteiger partial charge on any atom is -0.497 e. The summed E-state index contributed by atoms with van der Waals surface area (Å²) in [5.74, 6) is 1.57. The van der Waals surface area contributed by atoms with Gasteiger partial charge in [-0.15, -0.1) is 0 Å². The van der Waals surface area contributed by atoms with Crippen LogP contribution in [0.4, 0.5) is 0 Å². The van der Waals surface area contributed by atoms with Crippen LogP contribution in [0.3, 0.4) is 0 Å². The predicted octanol–water partition coefficient (Wildman–Crippen LogP) is 3.14. The number of methoxy groups -OCH3 is 2. The smallest absolute Gasteiger partial charge is 0.127 e. The maximum atomic E-state index is 6.33. The largest absolute Gasteiger partial charge is 0.497 e. The topological polar surface area (TPSA) is 44.5 Å². The highest BCUT2D eigenvalue weighted by Crippen LogP contribution is 2.39. The first-order chi connectivity index (χ1) is 7.96. The molecule has 0 heterocycles. The van der Waals surface area contributed by atoms with E-state index in [1.807, 2.05) is 18.2 Å². The third-order valence-corrected chi connectivity index (χ3v) is 3.53. The molecule has 0 spiro atoms. The summed E-state index contributed by atoms with van der Waals surface area (Å²) in [6, 6.07) is 5.73. The average Bonchev–Trinajstić information content (AvgIpc) is 2.36. The Balaban J connectivity index is 3.13. The first kappa shape index (κ1) is 13.8. The molecule has 0 saturated heterocycles. The van der Waals surface area contributed by atoms with Gasteiger partial charge < -0.3 is 15.2 Å². The normalized spacial score (nSPS) is 13.3. The standard InChI is InChI=1S/C14H23NO2/c1-6-14(2,3)13(15)11-8-7-10(16-4)9-12(11)17-5/h7-9,13H,6,15H2,1-5H3. The molecule has 0 aromatic heterocycles. The minimum atomic E-state index is -0.0478. The second kappa shape index (κ2) is 5.41. The molecular weight excluding hydrogens is 214 g/mol. The second-order valence-electron chi connectivity index (χ2n) is 4.93. The molecule has 0 aliphatic rings. The lowest BCUT2D eigenvalue weighted by Gasteiger charge is -2.31. The number of benzene rings is 1. The van der Waals surface area contributed by atoms with E-state index in [2.05, 4.69) is 20.8 Å². The molecule has 0 aliphatic heterocycles. The van der Waals surface area contributed by atoms with Crippen molar-refractivity contribution in [2.24, 2.45) is 11.1 Å². The Morgan fingerprint density at radius 2 is 1.88 bits per heavy atom. The van der Waals surface area contributed by atoms with E-state index >= 15 is 0 Å². The lowest BCUT2D eigenvalue weighted by atomic mass is 9.78. The molecule has 17 heavy (non-hydrogen) atoms. The third-order valence-electron chi connectivity index (χ3n) is 3.53. The Labute approximate surface area is 104 Å². The van der Waals surface area contributed by atoms with Gasteiger partial charge in [-0.3, -0.25) is 0 Å². The number of hydrogen-bond donors (Lipinski definition) is 1. The van der Waals surface area contributed by atoms with E-state index in [4.69, 9.17) is 15.2 Å². The molecular formula is C14H23NO2. The van der Waals surface area contributed by atoms with Crippen molar-refractivity contribution in [3.63, 3.8) is 0 Å². The highest BCUT2D eigenvalue weighted by atomic mass is 16.5. The van der Waals surface area contributed by atoms with Crippen LogP contribution in [-0.2, 0) is 0 Å². The number of rotatable bonds is 5. The van der Waals surface area contributed by atoms with Gasteiger partial charge in [-0.2, -0.15) is 0 Å². The van der Waals surface area contributed by atoms with Crippen LogP contribution in [-0.4, -0.2) is 14.2 Å². The van der Waals surface area contributed by atoms with E-state index in [1.54, 1.807) is 14.2 Å². The van der Waals surface area contributed by atoms with Gasteiger partial charge in [0.2, 0.25) is 0 Å². The zero-order valence-electron chi connectivity index (χ0n) is 11.4. The third kappa shape index (κ3) is 2.91. The van der Waals surface area contributed by atoms with Gasteiger partial charge in [0.1, 0.15) is 11.5 Å². The molecule has 1 unspecified atom stereocenters. The molecule has 0 amide bonds. The van der Waals surface area contributed by atoms with Crippen molar-refractivity contribution >= 4 is 0 Å². The van der Waals surface area contributed by atoms with Crippen LogP contribution >= 0.6 is 0 Å². The van der Waals surface area contributed by atoms with Gasteiger partial charge in [-0.25, -0.2) is 0 Å². The van der Waals surface area contributed by atoms with Crippen LogP contribution in [0, 0.1) is 5.41 Å². The first-order valence-electron chi connectivity index (χ1n) is 5.93. The average molecular weight is 237 g/mol. The molecule has 0 radical (unpaired) electrons. The van der Waals surface area contributed by atoms with Gasteiger partial charge in [0.15, 0.2) is 0 Å². The van der Waals surface area contributed by atoms with Gasteiger partial charge in [0.25, 0.3) is 0 Å². The van der Waals surface area contributed by atoms with Gasteiger partial charge in [-0.05, 0) is 17.9 Å². The predicted molar refractivity (Wildman–Crippen MR) is 70.5 cm³/mol. The zero-order chi connectivity index (χ0) is 13.1. The van der Waals surface area contributed by atoms with E-state index < -0.39 is 0 Å². The fourth-order valence-electron chi connectivity index (χ4n) is 1.72. The Hall–Kier alpha value is -1.22. The molecule has 96 valence electrons. The molecule has 0 fully saturated rings. The lowest BCUT2D eigenvalue weighted by molar-refractivity contribution is 0.270. The zero-order valence-corrected chi connectivity index (χ0v) is 11.4. The summed E-state index contributed by atoms with van der Waals surface area (Å²) in [5, 5.41) is 0. The molecule has 2 N–H and O–H groups in total. The van der Waals surface area contributed by atoms with Crippen molar-refractivity contribution in [2.45, 2.75) is 33.2 Å². The Bertz CT molecular complexity index is 374. The van der Waals surface area contributed by atoms with Crippen LogP contribution in [0.25, 0.3) is 0 Å². The van der Waals surface area contributed by atoms with Gasteiger partial charge in [-0.1, -0.05) is 26.8 Å². The van der Waals surface area contributed by atoms with Crippen LogP contribution in [0.2, 0.25) is 0 Å². The molecule has 1 aromatic rings. The van der Waals surface area contributed by atoms with Gasteiger partial charge in [0, 0.05) is 17.7 Å². The minimum absolute atomic E-state index is 0.0435. The summed E-state index contributed by atoms with van der Waals surface area (Å²) in [6.07, 6.45) is 1.02. The fourth-order valence-corrected chi connectivity index (χ4v) is 1.72. The number of nitrogens with two attached hydrogens (primary N) is 1. The van der Waals surface area contributed by atoms with Crippen molar-refractivity contribution in [1.29, 1.82) is 0 Å². The van der Waals surface area contributed by atoms with E-state index in [0.29, 0.717) is 0 Å². The van der Waals surface area contributed by atoms with Crippen molar-refractivity contribution in [2.75, 3.05) is 14.2 Å². The summed E-state index contributed by atoms with van der Waals surface area (Å²) in [6.45, 7) is 6.48. The Morgan fingerprint density at radius 3 is 2.35 bits per heavy atom. The van der Waals surface area contributed by atoms with Gasteiger partial charge in [0.05, 0.1) is 14.2 Å². The molecule has 3 heteroatoms. The quantitative estimate of drug-likeness (QED) is 0.855. The van der Waals surface area contributed by atoms with Gasteiger partial charge >= 0.3 is 0 Å². The molecule has 1 rings (SSSR count). The highest BCUT2D eigenvalue weighted by molar-refractivity contribution is 5.43. The van der Waals surface area contributed by atoms with Crippen molar-refractivity contribution in [3.05, 3.63) is 23.8 Å². The molecule has 1 aromatic carbocycles. The van der Waals surface area contributed by atoms with E-state index in [0.717, 1.165) is 23.5 Å². The van der Waals surface area contributed by atoms with E-state index in [9.17, 15) is 0 Å². The summed E-state index contributed by atoms with van der Waals surface area (Å²) in [7, 11) is 3.30. The lowest BCUT2D eigenvalue weighted by Crippen LogP contribution is -2.28. The highest BCUT2D eigenvalue weighted by Gasteiger charge is 2.28. The molecule has 0 saturated carbocycles. The van der Waals surface area contributed by atoms with Crippen LogP contribution in [0.15, 0.2) is 18.2 Å². The summed E-state index contributed by atoms with van der Waals surface area (Å²) in [4.78, 5) is 0. The Kier molecular flexibility index (Phi) is 4.40. The summed E-state index contributed by atoms with van der Waals surface area (Å²) < 4.78 is 10.6. The molecule has 0 aliphatic carbocycles. The van der Waals surface area contributed by atoms with E-state index in [1.165, 1.54) is 0 Å². The van der Waals surface area contributed by atoms with Crippen LogP contribution in [0.5, 0.6) is 11.5 Å². The molecule has 1 atom stereocenters. The number of ether oxygens (including phenoxy) is 2. The van der Waals surface area contributed by atoms with Crippen LogP contribution < -0.4 is 15.2 Å². The molecule has 0 bridgehead atoms. The Morgan fingerprint density at radius 1 is 1.24 bits per heavy atom. The van der Waals surface area contributed by atoms with Crippen molar-refractivity contribution in [1.82, 2.24) is 0 Å². The maximum absolute atomic E-state index is 6.33. The number of hydrogen-bond acceptors (Lipinski definition) is 3. The van der Waals surface area contributed by atoms with Crippen molar-refractivity contribution < 1.29 is 9.47 Å².